The third-order valence-electron chi connectivity index (χ3n) is 1.73. The third-order valence-corrected chi connectivity index (χ3v) is 2.92. The molecule has 0 saturated carbocycles. The summed E-state index contributed by atoms with van der Waals surface area (Å²) in [6.07, 6.45) is 5.34. The maximum absolute atomic E-state index is 3.46. The molecule has 0 aromatic carbocycles. The summed E-state index contributed by atoms with van der Waals surface area (Å²) in [7, 11) is 0. The minimum Gasteiger partial charge on any atom is -0.316 e. The largest absolute Gasteiger partial charge is 0.316 e. The minimum absolute atomic E-state index is 1.19. The molecular weight excluding hydrogens is 166 g/mol. The summed E-state index contributed by atoms with van der Waals surface area (Å²) in [4.78, 5) is 0. The molecule has 0 atom stereocenters. The lowest BCUT2D eigenvalue weighted by atomic mass is 10.2. The van der Waals surface area contributed by atoms with Gasteiger partial charge >= 0.3 is 0 Å². The highest BCUT2D eigenvalue weighted by atomic mass is 32.2. The van der Waals surface area contributed by atoms with Crippen molar-refractivity contribution < 1.29 is 0 Å². The van der Waals surface area contributed by atoms with Crippen molar-refractivity contribution in [3.63, 3.8) is 0 Å². The molecule has 0 bridgehead atoms. The highest BCUT2D eigenvalue weighted by Gasteiger charge is 1.88. The Morgan fingerprint density at radius 2 is 1.75 bits per heavy atom. The number of nitrogens with one attached hydrogen (secondary N) is 1. The van der Waals surface area contributed by atoms with Crippen LogP contribution in [0.5, 0.6) is 0 Å². The summed E-state index contributed by atoms with van der Waals surface area (Å²) < 4.78 is 0. The van der Waals surface area contributed by atoms with Crippen LogP contribution in [0.15, 0.2) is 0 Å². The molecule has 74 valence electrons. The van der Waals surface area contributed by atoms with E-state index in [0.717, 1.165) is 0 Å². The number of rotatable bonds is 9. The number of hydrogen-bond acceptors (Lipinski definition) is 2. The van der Waals surface area contributed by atoms with E-state index in [1.807, 2.05) is 0 Å². The Morgan fingerprint density at radius 3 is 2.42 bits per heavy atom. The molecule has 0 unspecified atom stereocenters. The lowest BCUT2D eigenvalue weighted by Crippen LogP contribution is -2.18. The van der Waals surface area contributed by atoms with Gasteiger partial charge in [0.05, 0.1) is 0 Å². The molecule has 2 heteroatoms. The van der Waals surface area contributed by atoms with Gasteiger partial charge in [0, 0.05) is 12.3 Å². The van der Waals surface area contributed by atoms with Crippen LogP contribution in [0.3, 0.4) is 0 Å². The standard InChI is InChI=1S/C10H23NS/c1-3-5-6-7-11-8-10-12-9-4-2/h11H,3-10H2,1-2H3. The SMILES string of the molecule is CCCCCNCCSCCC. The van der Waals surface area contributed by atoms with E-state index in [-0.39, 0.29) is 0 Å². The van der Waals surface area contributed by atoms with Gasteiger partial charge in [-0.3, -0.25) is 0 Å². The van der Waals surface area contributed by atoms with Crippen molar-refractivity contribution in [1.82, 2.24) is 5.32 Å². The van der Waals surface area contributed by atoms with Gasteiger partial charge in [-0.05, 0) is 25.1 Å². The molecule has 0 radical (unpaired) electrons. The summed E-state index contributed by atoms with van der Waals surface area (Å²) in [5, 5.41) is 3.46. The van der Waals surface area contributed by atoms with Crippen molar-refractivity contribution in [1.29, 1.82) is 0 Å². The molecule has 0 amide bonds. The molecule has 1 N–H and O–H groups in total. The van der Waals surface area contributed by atoms with Crippen LogP contribution in [0.1, 0.15) is 39.5 Å². The minimum atomic E-state index is 1.19. The van der Waals surface area contributed by atoms with E-state index < -0.39 is 0 Å². The van der Waals surface area contributed by atoms with Gasteiger partial charge in [0.1, 0.15) is 0 Å². The van der Waals surface area contributed by atoms with Crippen molar-refractivity contribution in [2.24, 2.45) is 0 Å². The summed E-state index contributed by atoms with van der Waals surface area (Å²) in [5.41, 5.74) is 0. The van der Waals surface area contributed by atoms with E-state index in [1.165, 1.54) is 50.3 Å². The lowest BCUT2D eigenvalue weighted by molar-refractivity contribution is 0.636. The van der Waals surface area contributed by atoms with Crippen molar-refractivity contribution in [3.8, 4) is 0 Å². The average molecular weight is 189 g/mol. The highest BCUT2D eigenvalue weighted by molar-refractivity contribution is 7.99. The fourth-order valence-electron chi connectivity index (χ4n) is 1.02. The molecule has 0 aromatic rings. The summed E-state index contributed by atoms with van der Waals surface area (Å²) in [6.45, 7) is 6.88. The molecule has 0 spiro atoms. The van der Waals surface area contributed by atoms with Crippen molar-refractivity contribution in [2.45, 2.75) is 39.5 Å². The van der Waals surface area contributed by atoms with Crippen LogP contribution >= 0.6 is 11.8 Å². The molecule has 1 nitrogen and oxygen atoms in total. The molecule has 0 aliphatic rings. The normalized spacial score (nSPS) is 10.5. The maximum Gasteiger partial charge on any atom is 0.00580 e. The summed E-state index contributed by atoms with van der Waals surface area (Å²) in [6, 6.07) is 0. The van der Waals surface area contributed by atoms with Gasteiger partial charge in [-0.25, -0.2) is 0 Å². The second kappa shape index (κ2) is 11.3. The molecule has 0 aliphatic carbocycles. The topological polar surface area (TPSA) is 12.0 Å². The van der Waals surface area contributed by atoms with E-state index in [2.05, 4.69) is 30.9 Å². The van der Waals surface area contributed by atoms with Crippen LogP contribution < -0.4 is 5.32 Å². The quantitative estimate of drug-likeness (QED) is 0.560. The molecule has 0 aliphatic heterocycles. The molecule has 12 heavy (non-hydrogen) atoms. The van der Waals surface area contributed by atoms with E-state index in [9.17, 15) is 0 Å². The molecular formula is C10H23NS. The molecule has 0 saturated heterocycles. The van der Waals surface area contributed by atoms with Gasteiger partial charge in [-0.15, -0.1) is 0 Å². The third kappa shape index (κ3) is 10.3. The maximum atomic E-state index is 3.46. The molecule has 0 fully saturated rings. The zero-order valence-electron chi connectivity index (χ0n) is 8.57. The number of hydrogen-bond donors (Lipinski definition) is 1. The summed E-state index contributed by atoms with van der Waals surface area (Å²) in [5.74, 6) is 2.59. The number of thioether (sulfide) groups is 1. The van der Waals surface area contributed by atoms with Crippen molar-refractivity contribution in [3.05, 3.63) is 0 Å². The predicted molar refractivity (Wildman–Crippen MR) is 60.0 cm³/mol. The van der Waals surface area contributed by atoms with Gasteiger partial charge in [0.2, 0.25) is 0 Å². The van der Waals surface area contributed by atoms with Crippen LogP contribution in [-0.4, -0.2) is 24.6 Å². The second-order valence-electron chi connectivity index (χ2n) is 3.07. The molecule has 0 heterocycles. The van der Waals surface area contributed by atoms with E-state index in [1.54, 1.807) is 0 Å². The Kier molecular flexibility index (Phi) is 11.6. The Hall–Kier alpha value is 0.310. The number of unbranched alkanes of at least 4 members (excludes halogenated alkanes) is 2. The monoisotopic (exact) mass is 189 g/mol. The van der Waals surface area contributed by atoms with Crippen LogP contribution in [0.4, 0.5) is 0 Å². The van der Waals surface area contributed by atoms with Crippen molar-refractivity contribution in [2.75, 3.05) is 24.6 Å². The van der Waals surface area contributed by atoms with Crippen molar-refractivity contribution >= 4 is 11.8 Å². The Morgan fingerprint density at radius 1 is 0.917 bits per heavy atom. The van der Waals surface area contributed by atoms with Crippen LogP contribution in [0.25, 0.3) is 0 Å². The molecule has 0 aromatic heterocycles. The zero-order chi connectivity index (χ0) is 9.07. The first-order chi connectivity index (χ1) is 5.91. The lowest BCUT2D eigenvalue weighted by Gasteiger charge is -2.02. The van der Waals surface area contributed by atoms with Gasteiger partial charge in [-0.2, -0.15) is 11.8 Å². The van der Waals surface area contributed by atoms with E-state index >= 15 is 0 Å². The first-order valence-electron chi connectivity index (χ1n) is 5.20. The Labute approximate surface area is 81.7 Å². The van der Waals surface area contributed by atoms with Gasteiger partial charge < -0.3 is 5.32 Å². The van der Waals surface area contributed by atoms with Crippen LogP contribution in [-0.2, 0) is 0 Å². The fraction of sp³-hybridized carbons (Fsp3) is 1.00. The Balaban J connectivity index is 2.73. The summed E-state index contributed by atoms with van der Waals surface area (Å²) >= 11 is 2.05. The highest BCUT2D eigenvalue weighted by Crippen LogP contribution is 1.99. The smallest absolute Gasteiger partial charge is 0.00580 e. The second-order valence-corrected chi connectivity index (χ2v) is 4.29. The Bertz CT molecular complexity index is 66.2. The van der Waals surface area contributed by atoms with E-state index in [4.69, 9.17) is 0 Å². The predicted octanol–water partition coefficient (Wildman–Crippen LogP) is 2.91. The van der Waals surface area contributed by atoms with Crippen LogP contribution in [0.2, 0.25) is 0 Å². The van der Waals surface area contributed by atoms with Gasteiger partial charge in [-0.1, -0.05) is 26.7 Å². The average Bonchev–Trinajstić information content (AvgIpc) is 2.10. The molecule has 0 rings (SSSR count). The first kappa shape index (κ1) is 12.3. The first-order valence-corrected chi connectivity index (χ1v) is 6.35. The van der Waals surface area contributed by atoms with Gasteiger partial charge in [0.25, 0.3) is 0 Å². The van der Waals surface area contributed by atoms with Crippen LogP contribution in [0, 0.1) is 0 Å². The fourth-order valence-corrected chi connectivity index (χ4v) is 1.80. The van der Waals surface area contributed by atoms with E-state index in [0.29, 0.717) is 0 Å². The van der Waals surface area contributed by atoms with Gasteiger partial charge in [0.15, 0.2) is 0 Å². The zero-order valence-corrected chi connectivity index (χ0v) is 9.38.